The predicted molar refractivity (Wildman–Crippen MR) is 143 cm³/mol. The molecule has 1 amide bonds. The van der Waals surface area contributed by atoms with Crippen molar-refractivity contribution >= 4 is 16.8 Å². The molecule has 5 heteroatoms. The first-order chi connectivity index (χ1) is 17.6. The second-order valence-corrected chi connectivity index (χ2v) is 10.0. The summed E-state index contributed by atoms with van der Waals surface area (Å²) in [5.74, 6) is 0.355. The Bertz CT molecular complexity index is 1290. The van der Waals surface area contributed by atoms with Crippen LogP contribution in [0.4, 0.5) is 4.39 Å². The van der Waals surface area contributed by atoms with Gasteiger partial charge in [-0.05, 0) is 72.6 Å². The summed E-state index contributed by atoms with van der Waals surface area (Å²) in [5, 5.41) is 4.40. The summed E-state index contributed by atoms with van der Waals surface area (Å²) in [6, 6.07) is 27.8. The van der Waals surface area contributed by atoms with Crippen LogP contribution in [0.3, 0.4) is 0 Å². The first-order valence-corrected chi connectivity index (χ1v) is 12.9. The number of aromatic nitrogens is 1. The highest BCUT2D eigenvalue weighted by atomic mass is 19.1. The van der Waals surface area contributed by atoms with Crippen LogP contribution in [0, 0.1) is 11.7 Å². The highest BCUT2D eigenvalue weighted by Gasteiger charge is 2.26. The van der Waals surface area contributed by atoms with Gasteiger partial charge in [0.25, 0.3) is 0 Å². The van der Waals surface area contributed by atoms with E-state index in [0.29, 0.717) is 19.0 Å². The number of carbonyl (C=O) groups excluding carboxylic acids is 1. The summed E-state index contributed by atoms with van der Waals surface area (Å²) in [7, 11) is 0. The van der Waals surface area contributed by atoms with Gasteiger partial charge in [0.1, 0.15) is 5.82 Å². The largest absolute Gasteiger partial charge is 0.355 e. The molecule has 1 aliphatic rings. The zero-order valence-corrected chi connectivity index (χ0v) is 20.9. The monoisotopic (exact) mass is 483 g/mol. The average Bonchev–Trinajstić information content (AvgIpc) is 3.26. The van der Waals surface area contributed by atoms with Crippen molar-refractivity contribution in [2.24, 2.45) is 5.92 Å². The molecule has 1 N–H and O–H groups in total. The van der Waals surface area contributed by atoms with Crippen LogP contribution in [0.2, 0.25) is 0 Å². The van der Waals surface area contributed by atoms with E-state index in [1.165, 1.54) is 34.3 Å². The van der Waals surface area contributed by atoms with Crippen LogP contribution >= 0.6 is 0 Å². The lowest BCUT2D eigenvalue weighted by Crippen LogP contribution is -2.41. The lowest BCUT2D eigenvalue weighted by Gasteiger charge is -2.31. The van der Waals surface area contributed by atoms with Gasteiger partial charge in [-0.25, -0.2) is 4.39 Å². The van der Waals surface area contributed by atoms with Crippen LogP contribution in [0.25, 0.3) is 10.9 Å². The van der Waals surface area contributed by atoms with Gasteiger partial charge in [0, 0.05) is 36.8 Å². The zero-order chi connectivity index (χ0) is 24.9. The number of rotatable bonds is 8. The SMILES string of the molecule is C[C@H](CNC(=O)C1CCN(Cc2cc3ccccc3n2Cc2ccc(F)cc2)CC1)c1ccccc1. The van der Waals surface area contributed by atoms with E-state index >= 15 is 0 Å². The molecule has 3 aromatic carbocycles. The Balaban J connectivity index is 1.19. The number of halogens is 1. The van der Waals surface area contributed by atoms with E-state index < -0.39 is 0 Å². The molecule has 4 aromatic rings. The number of amides is 1. The van der Waals surface area contributed by atoms with Crippen molar-refractivity contribution in [2.45, 2.75) is 38.8 Å². The molecule has 1 saturated heterocycles. The van der Waals surface area contributed by atoms with Crippen LogP contribution < -0.4 is 5.32 Å². The summed E-state index contributed by atoms with van der Waals surface area (Å²) in [6.07, 6.45) is 1.76. The number of carbonyl (C=O) groups is 1. The maximum Gasteiger partial charge on any atom is 0.223 e. The third-order valence-corrected chi connectivity index (χ3v) is 7.45. The Morgan fingerprint density at radius 2 is 1.64 bits per heavy atom. The Morgan fingerprint density at radius 1 is 0.944 bits per heavy atom. The van der Waals surface area contributed by atoms with Gasteiger partial charge in [0.2, 0.25) is 5.91 Å². The fourth-order valence-electron chi connectivity index (χ4n) is 5.24. The average molecular weight is 484 g/mol. The van der Waals surface area contributed by atoms with Crippen molar-refractivity contribution in [2.75, 3.05) is 19.6 Å². The third-order valence-electron chi connectivity index (χ3n) is 7.45. The van der Waals surface area contributed by atoms with E-state index in [1.807, 2.05) is 30.3 Å². The van der Waals surface area contributed by atoms with E-state index in [0.717, 1.165) is 38.0 Å². The summed E-state index contributed by atoms with van der Waals surface area (Å²) < 4.78 is 15.8. The molecule has 0 radical (unpaired) electrons. The lowest BCUT2D eigenvalue weighted by molar-refractivity contribution is -0.126. The normalized spacial score (nSPS) is 15.7. The molecule has 2 heterocycles. The van der Waals surface area contributed by atoms with Gasteiger partial charge in [-0.15, -0.1) is 0 Å². The minimum atomic E-state index is -0.210. The van der Waals surface area contributed by atoms with Crippen molar-refractivity contribution in [3.63, 3.8) is 0 Å². The standard InChI is InChI=1S/C31H34FN3O/c1-23(25-7-3-2-4-8-25)20-33-31(36)26-15-17-34(18-16-26)22-29-19-27-9-5-6-10-30(27)35(29)21-24-11-13-28(32)14-12-24/h2-14,19,23,26H,15-18,20-22H2,1H3,(H,33,36)/t23-/m1/s1. The highest BCUT2D eigenvalue weighted by Crippen LogP contribution is 2.25. The van der Waals surface area contributed by atoms with Gasteiger partial charge in [-0.3, -0.25) is 9.69 Å². The van der Waals surface area contributed by atoms with Crippen molar-refractivity contribution in [3.05, 3.63) is 108 Å². The molecule has 36 heavy (non-hydrogen) atoms. The number of hydrogen-bond acceptors (Lipinski definition) is 2. The van der Waals surface area contributed by atoms with E-state index in [9.17, 15) is 9.18 Å². The fourth-order valence-corrected chi connectivity index (χ4v) is 5.24. The number of para-hydroxylation sites is 1. The number of nitrogens with one attached hydrogen (secondary N) is 1. The number of piperidine rings is 1. The fraction of sp³-hybridized carbons (Fsp3) is 0.323. The number of nitrogens with zero attached hydrogens (tertiary/aromatic N) is 2. The first kappa shape index (κ1) is 24.3. The maximum absolute atomic E-state index is 13.4. The van der Waals surface area contributed by atoms with E-state index in [-0.39, 0.29) is 17.6 Å². The Hall–Kier alpha value is -3.44. The molecule has 1 aliphatic heterocycles. The molecule has 4 nitrogen and oxygen atoms in total. The molecule has 186 valence electrons. The quantitative estimate of drug-likeness (QED) is 0.336. The van der Waals surface area contributed by atoms with Crippen LogP contribution in [-0.4, -0.2) is 35.0 Å². The smallest absolute Gasteiger partial charge is 0.223 e. The summed E-state index contributed by atoms with van der Waals surface area (Å²) in [5.41, 5.74) is 4.78. The number of fused-ring (bicyclic) bond motifs is 1. The van der Waals surface area contributed by atoms with Gasteiger partial charge < -0.3 is 9.88 Å². The van der Waals surface area contributed by atoms with E-state index in [1.54, 1.807) is 0 Å². The van der Waals surface area contributed by atoms with Crippen LogP contribution in [0.5, 0.6) is 0 Å². The van der Waals surface area contributed by atoms with E-state index in [4.69, 9.17) is 0 Å². The molecular weight excluding hydrogens is 449 g/mol. The Kier molecular flexibility index (Phi) is 7.47. The molecule has 0 aliphatic carbocycles. The topological polar surface area (TPSA) is 37.3 Å². The minimum absolute atomic E-state index is 0.0781. The van der Waals surface area contributed by atoms with E-state index in [2.05, 4.69) is 64.2 Å². The summed E-state index contributed by atoms with van der Waals surface area (Å²) >= 11 is 0. The van der Waals surface area contributed by atoms with Crippen molar-refractivity contribution in [1.29, 1.82) is 0 Å². The molecule has 0 saturated carbocycles. The molecular formula is C31H34FN3O. The predicted octanol–water partition coefficient (Wildman–Crippen LogP) is 5.96. The second-order valence-electron chi connectivity index (χ2n) is 10.0. The molecule has 1 atom stereocenters. The Labute approximate surface area is 212 Å². The minimum Gasteiger partial charge on any atom is -0.355 e. The second kappa shape index (κ2) is 11.1. The number of benzene rings is 3. The van der Waals surface area contributed by atoms with Gasteiger partial charge in [-0.1, -0.05) is 67.6 Å². The highest BCUT2D eigenvalue weighted by molar-refractivity contribution is 5.81. The van der Waals surface area contributed by atoms with Crippen molar-refractivity contribution in [1.82, 2.24) is 14.8 Å². The summed E-state index contributed by atoms with van der Waals surface area (Å²) in [6.45, 7) is 6.20. The molecule has 5 rings (SSSR count). The molecule has 1 aromatic heterocycles. The van der Waals surface area contributed by atoms with Crippen LogP contribution in [-0.2, 0) is 17.9 Å². The molecule has 0 bridgehead atoms. The third kappa shape index (κ3) is 5.68. The van der Waals surface area contributed by atoms with Crippen molar-refractivity contribution < 1.29 is 9.18 Å². The Morgan fingerprint density at radius 3 is 2.39 bits per heavy atom. The van der Waals surface area contributed by atoms with Gasteiger partial charge in [0.05, 0.1) is 0 Å². The first-order valence-electron chi connectivity index (χ1n) is 12.9. The lowest BCUT2D eigenvalue weighted by atomic mass is 9.95. The maximum atomic E-state index is 13.4. The molecule has 0 spiro atoms. The zero-order valence-electron chi connectivity index (χ0n) is 20.9. The van der Waals surface area contributed by atoms with Gasteiger partial charge >= 0.3 is 0 Å². The number of hydrogen-bond donors (Lipinski definition) is 1. The van der Waals surface area contributed by atoms with Crippen molar-refractivity contribution in [3.8, 4) is 0 Å². The van der Waals surface area contributed by atoms with Gasteiger partial charge in [-0.2, -0.15) is 0 Å². The summed E-state index contributed by atoms with van der Waals surface area (Å²) in [4.78, 5) is 15.3. The molecule has 1 fully saturated rings. The number of likely N-dealkylation sites (tertiary alicyclic amines) is 1. The van der Waals surface area contributed by atoms with Crippen LogP contribution in [0.1, 0.15) is 42.5 Å². The molecule has 0 unspecified atom stereocenters. The van der Waals surface area contributed by atoms with Gasteiger partial charge in [0.15, 0.2) is 0 Å². The van der Waals surface area contributed by atoms with Crippen LogP contribution in [0.15, 0.2) is 84.9 Å².